The SMILES string of the molecule is Cc1ccc(S(=O)(=O)NC(=O)NS(=O)(=O)c2ccc(C)c(Nc3ccc4cc(O)cc(S(=O)(=O)O)c4c3)c2)cc1Nc1ccc2cc(O)cc(S(=O)(=O)O)c2c1. The first-order valence-electron chi connectivity index (χ1n) is 15.8. The summed E-state index contributed by atoms with van der Waals surface area (Å²) in [5.74, 6) is -0.794. The van der Waals surface area contributed by atoms with Crippen molar-refractivity contribution < 1.29 is 57.8 Å². The molecule has 0 aliphatic rings. The fourth-order valence-electron chi connectivity index (χ4n) is 5.70. The number of hydrogen-bond donors (Lipinski definition) is 8. The molecule has 2 amide bonds. The third-order valence-corrected chi connectivity index (χ3v) is 12.9. The molecule has 6 rings (SSSR count). The fourth-order valence-corrected chi connectivity index (χ4v) is 9.08. The van der Waals surface area contributed by atoms with E-state index in [0.29, 0.717) is 11.1 Å². The van der Waals surface area contributed by atoms with Crippen molar-refractivity contribution >= 4 is 90.6 Å². The molecule has 6 aromatic rings. The summed E-state index contributed by atoms with van der Waals surface area (Å²) in [6, 6.07) is 18.8. The van der Waals surface area contributed by atoms with Crippen molar-refractivity contribution in [2.45, 2.75) is 33.4 Å². The Kier molecular flexibility index (Phi) is 10.1. The molecular weight excluding hydrogens is 813 g/mol. The summed E-state index contributed by atoms with van der Waals surface area (Å²) in [5, 5.41) is 26.3. The molecule has 6 aromatic carbocycles. The minimum absolute atomic E-state index is 0.0533. The van der Waals surface area contributed by atoms with E-state index in [1.165, 1.54) is 60.7 Å². The molecule has 0 aliphatic carbocycles. The lowest BCUT2D eigenvalue weighted by atomic mass is 10.1. The Bertz CT molecular complexity index is 2880. The highest BCUT2D eigenvalue weighted by Gasteiger charge is 2.25. The van der Waals surface area contributed by atoms with Crippen molar-refractivity contribution in [3.63, 3.8) is 0 Å². The Morgan fingerprint density at radius 1 is 0.500 bits per heavy atom. The van der Waals surface area contributed by atoms with Crippen LogP contribution in [0.2, 0.25) is 0 Å². The van der Waals surface area contributed by atoms with Crippen LogP contribution in [-0.2, 0) is 40.3 Å². The molecule has 0 fully saturated rings. The van der Waals surface area contributed by atoms with Gasteiger partial charge in [-0.2, -0.15) is 16.8 Å². The first-order chi connectivity index (χ1) is 26.0. The van der Waals surface area contributed by atoms with E-state index in [2.05, 4.69) is 10.6 Å². The van der Waals surface area contributed by atoms with Crippen LogP contribution in [0.3, 0.4) is 0 Å². The number of phenolic OH excluding ortho intramolecular Hbond substituents is 2. The van der Waals surface area contributed by atoms with Crippen LogP contribution < -0.4 is 20.1 Å². The van der Waals surface area contributed by atoms with Gasteiger partial charge in [0, 0.05) is 45.7 Å². The number of sulfonamides is 2. The van der Waals surface area contributed by atoms with Crippen LogP contribution in [0.4, 0.5) is 27.5 Å². The summed E-state index contributed by atoms with van der Waals surface area (Å²) in [5.41, 5.74) is 1.96. The number of nitrogens with one attached hydrogen (secondary N) is 4. The largest absolute Gasteiger partial charge is 0.508 e. The van der Waals surface area contributed by atoms with Crippen LogP contribution in [0.5, 0.6) is 11.5 Å². The van der Waals surface area contributed by atoms with E-state index >= 15 is 0 Å². The van der Waals surface area contributed by atoms with Crippen molar-refractivity contribution in [3.8, 4) is 11.5 Å². The topological polar surface area (TPSA) is 283 Å². The van der Waals surface area contributed by atoms with Gasteiger partial charge in [0.2, 0.25) is 0 Å². The molecule has 0 saturated heterocycles. The minimum atomic E-state index is -4.74. The maximum absolute atomic E-state index is 13.3. The van der Waals surface area contributed by atoms with Crippen LogP contribution in [0.1, 0.15) is 11.1 Å². The first kappa shape index (κ1) is 39.7. The monoisotopic (exact) mass is 842 g/mol. The average molecular weight is 843 g/mol. The van der Waals surface area contributed by atoms with E-state index in [1.54, 1.807) is 23.3 Å². The van der Waals surface area contributed by atoms with Crippen LogP contribution >= 0.6 is 0 Å². The molecule has 0 radical (unpaired) electrons. The number of aryl methyl sites for hydroxylation is 2. The van der Waals surface area contributed by atoms with Gasteiger partial charge < -0.3 is 20.8 Å². The molecule has 0 atom stereocenters. The summed E-state index contributed by atoms with van der Waals surface area (Å²) in [7, 11) is -18.9. The summed E-state index contributed by atoms with van der Waals surface area (Å²) >= 11 is 0. The highest BCUT2D eigenvalue weighted by atomic mass is 32.2. The van der Waals surface area contributed by atoms with Gasteiger partial charge in [0.05, 0.1) is 9.79 Å². The molecule has 0 saturated carbocycles. The number of carbonyl (C=O) groups is 1. The number of urea groups is 1. The highest BCUT2D eigenvalue weighted by Crippen LogP contribution is 2.34. The van der Waals surface area contributed by atoms with Crippen molar-refractivity contribution in [1.82, 2.24) is 9.44 Å². The van der Waals surface area contributed by atoms with E-state index in [9.17, 15) is 57.8 Å². The maximum atomic E-state index is 13.3. The molecule has 0 unspecified atom stereocenters. The second kappa shape index (κ2) is 14.3. The molecule has 0 spiro atoms. The van der Waals surface area contributed by atoms with E-state index in [4.69, 9.17) is 0 Å². The lowest BCUT2D eigenvalue weighted by Gasteiger charge is -2.15. The van der Waals surface area contributed by atoms with Gasteiger partial charge in [-0.3, -0.25) is 9.11 Å². The summed E-state index contributed by atoms with van der Waals surface area (Å²) in [6.07, 6.45) is 0. The maximum Gasteiger partial charge on any atom is 0.342 e. The van der Waals surface area contributed by atoms with Gasteiger partial charge in [-0.15, -0.1) is 0 Å². The molecule has 0 aromatic heterocycles. The van der Waals surface area contributed by atoms with E-state index in [1.807, 2.05) is 0 Å². The van der Waals surface area contributed by atoms with Gasteiger partial charge in [0.25, 0.3) is 40.3 Å². The third kappa shape index (κ3) is 8.46. The van der Waals surface area contributed by atoms with Crippen LogP contribution in [0.15, 0.2) is 117 Å². The zero-order chi connectivity index (χ0) is 41.0. The quantitative estimate of drug-likeness (QED) is 0.0804. The standard InChI is InChI=1S/C35H30N4O13S4/c1-19-3-9-27(17-31(19)36-23-7-5-21-11-25(40)15-33(29(21)13-23)55(47,48)49)53(43,44)38-35(42)39-54(45,46)28-10-4-20(2)32(18-28)37-24-8-6-22-12-26(41)16-34(30(22)14-24)56(50,51)52/h3-18,36-37,40-41H,1-2H3,(H2,38,39,42)(H,47,48,49)(H,50,51,52). The lowest BCUT2D eigenvalue weighted by Crippen LogP contribution is -2.42. The van der Waals surface area contributed by atoms with Gasteiger partial charge >= 0.3 is 6.03 Å². The average Bonchev–Trinajstić information content (AvgIpc) is 3.08. The Labute approximate surface area is 320 Å². The van der Waals surface area contributed by atoms with Crippen molar-refractivity contribution in [2.75, 3.05) is 10.6 Å². The van der Waals surface area contributed by atoms with Crippen molar-refractivity contribution in [2.24, 2.45) is 0 Å². The number of phenols is 2. The molecule has 56 heavy (non-hydrogen) atoms. The molecule has 8 N–H and O–H groups in total. The van der Waals surface area contributed by atoms with Gasteiger partial charge in [0.1, 0.15) is 21.3 Å². The van der Waals surface area contributed by atoms with Crippen LogP contribution in [0, 0.1) is 13.8 Å². The lowest BCUT2D eigenvalue weighted by molar-refractivity contribution is 0.250. The number of rotatable bonds is 10. The molecule has 0 aliphatic heterocycles. The number of fused-ring (bicyclic) bond motifs is 2. The second-order valence-electron chi connectivity index (χ2n) is 12.5. The zero-order valence-electron chi connectivity index (χ0n) is 28.8. The summed E-state index contributed by atoms with van der Waals surface area (Å²) in [4.78, 5) is 10.8. The Morgan fingerprint density at radius 3 is 1.23 bits per heavy atom. The van der Waals surface area contributed by atoms with E-state index in [0.717, 1.165) is 36.4 Å². The summed E-state index contributed by atoms with van der Waals surface area (Å²) < 4.78 is 124. The predicted octanol–water partition coefficient (Wildman–Crippen LogP) is 5.38. The first-order valence-corrected chi connectivity index (χ1v) is 21.7. The molecular formula is C35H30N4O13S4. The van der Waals surface area contributed by atoms with Crippen molar-refractivity contribution in [1.29, 1.82) is 0 Å². The molecule has 0 bridgehead atoms. The smallest absolute Gasteiger partial charge is 0.342 e. The number of amides is 2. The van der Waals surface area contributed by atoms with Gasteiger partial charge in [0.15, 0.2) is 0 Å². The Hall–Kier alpha value is -5.97. The molecule has 17 nitrogen and oxygen atoms in total. The van der Waals surface area contributed by atoms with E-state index < -0.39 is 77.4 Å². The minimum Gasteiger partial charge on any atom is -0.508 e. The number of hydrogen-bond acceptors (Lipinski definition) is 13. The number of carbonyl (C=O) groups excluding carboxylic acids is 1. The number of aromatic hydroxyl groups is 2. The normalized spacial score (nSPS) is 12.4. The van der Waals surface area contributed by atoms with Gasteiger partial charge in [-0.05, 0) is 96.4 Å². The van der Waals surface area contributed by atoms with Gasteiger partial charge in [-0.1, -0.05) is 24.3 Å². The number of anilines is 4. The van der Waals surface area contributed by atoms with Gasteiger partial charge in [-0.25, -0.2) is 31.1 Å². The van der Waals surface area contributed by atoms with E-state index in [-0.39, 0.29) is 44.3 Å². The van der Waals surface area contributed by atoms with Crippen LogP contribution in [0.25, 0.3) is 21.5 Å². The highest BCUT2D eigenvalue weighted by molar-refractivity contribution is 7.91. The fraction of sp³-hybridized carbons (Fsp3) is 0.0571. The summed E-state index contributed by atoms with van der Waals surface area (Å²) in [6.45, 7) is 3.25. The third-order valence-electron chi connectivity index (χ3n) is 8.41. The Morgan fingerprint density at radius 2 is 0.875 bits per heavy atom. The zero-order valence-corrected chi connectivity index (χ0v) is 32.1. The molecule has 21 heteroatoms. The van der Waals surface area contributed by atoms with Crippen molar-refractivity contribution in [3.05, 3.63) is 108 Å². The predicted molar refractivity (Wildman–Crippen MR) is 206 cm³/mol. The molecule has 292 valence electrons. The Balaban J connectivity index is 1.20. The molecule has 0 heterocycles. The number of benzene rings is 6. The second-order valence-corrected chi connectivity index (χ2v) is 18.6. The van der Waals surface area contributed by atoms with Crippen LogP contribution in [-0.4, -0.2) is 59.0 Å².